The second-order valence-corrected chi connectivity index (χ2v) is 4.71. The molecule has 0 bridgehead atoms. The van der Waals surface area contributed by atoms with E-state index in [1.54, 1.807) is 0 Å². The largest absolute Gasteiger partial charge is 0.401 e. The monoisotopic (exact) mass is 269 g/mol. The molecule has 1 unspecified atom stereocenters. The molecule has 0 aliphatic heterocycles. The van der Waals surface area contributed by atoms with Crippen LogP contribution >= 0.6 is 0 Å². The minimum atomic E-state index is -4.32. The molecule has 18 heavy (non-hydrogen) atoms. The lowest BCUT2D eigenvalue weighted by Gasteiger charge is -2.24. The normalized spacial score (nSPS) is 14.1. The molecule has 1 atom stereocenters. The van der Waals surface area contributed by atoms with Crippen LogP contribution in [0.25, 0.3) is 0 Å². The van der Waals surface area contributed by atoms with Crippen LogP contribution < -0.4 is 11.1 Å². The van der Waals surface area contributed by atoms with Crippen LogP contribution in [-0.2, 0) is 4.79 Å². The van der Waals surface area contributed by atoms with Gasteiger partial charge in [-0.05, 0) is 12.8 Å². The van der Waals surface area contributed by atoms with Crippen LogP contribution in [0, 0.1) is 5.92 Å². The smallest absolute Gasteiger partial charge is 0.352 e. The van der Waals surface area contributed by atoms with Gasteiger partial charge in [0.25, 0.3) is 0 Å². The van der Waals surface area contributed by atoms with E-state index < -0.39 is 18.6 Å². The first-order valence-electron chi connectivity index (χ1n) is 5.94. The van der Waals surface area contributed by atoms with E-state index in [4.69, 9.17) is 5.73 Å². The summed E-state index contributed by atoms with van der Waals surface area (Å²) in [6.45, 7) is 4.41. The second-order valence-electron chi connectivity index (χ2n) is 4.71. The number of nitrogens with one attached hydrogen (secondary N) is 1. The number of nitrogens with two attached hydrogens (primary N) is 1. The van der Waals surface area contributed by atoms with Crippen LogP contribution in [0.4, 0.5) is 13.2 Å². The molecular formula is C11H22F3N3O. The minimum Gasteiger partial charge on any atom is -0.352 e. The van der Waals surface area contributed by atoms with Gasteiger partial charge < -0.3 is 11.1 Å². The number of carbonyl (C=O) groups excluding carboxylic acids is 1. The lowest BCUT2D eigenvalue weighted by atomic mass is 10.1. The van der Waals surface area contributed by atoms with E-state index in [2.05, 4.69) is 5.32 Å². The van der Waals surface area contributed by atoms with Crippen molar-refractivity contribution >= 4 is 5.91 Å². The first-order valence-corrected chi connectivity index (χ1v) is 5.94. The zero-order chi connectivity index (χ0) is 14.3. The van der Waals surface area contributed by atoms with Crippen molar-refractivity contribution < 1.29 is 18.0 Å². The lowest BCUT2D eigenvalue weighted by Crippen LogP contribution is -2.46. The van der Waals surface area contributed by atoms with Gasteiger partial charge in [0.2, 0.25) is 5.91 Å². The van der Waals surface area contributed by atoms with Gasteiger partial charge in [-0.15, -0.1) is 0 Å². The Kier molecular flexibility index (Phi) is 7.23. The Morgan fingerprint density at radius 3 is 2.28 bits per heavy atom. The minimum absolute atomic E-state index is 0.0446. The van der Waals surface area contributed by atoms with Gasteiger partial charge >= 0.3 is 6.18 Å². The van der Waals surface area contributed by atoms with Crippen molar-refractivity contribution in [1.29, 1.82) is 0 Å². The predicted molar refractivity (Wildman–Crippen MR) is 64.0 cm³/mol. The highest BCUT2D eigenvalue weighted by molar-refractivity contribution is 5.78. The molecule has 7 heteroatoms. The van der Waals surface area contributed by atoms with E-state index in [0.29, 0.717) is 0 Å². The van der Waals surface area contributed by atoms with E-state index >= 15 is 0 Å². The number of nitrogens with zero attached hydrogens (tertiary/aromatic N) is 1. The SMILES string of the molecule is CC(C)C(C)NC(=O)CN(CCN)CC(F)(F)F. The van der Waals surface area contributed by atoms with Crippen molar-refractivity contribution in [2.45, 2.75) is 33.0 Å². The quantitative estimate of drug-likeness (QED) is 0.724. The van der Waals surface area contributed by atoms with Crippen molar-refractivity contribution in [3.8, 4) is 0 Å². The molecule has 108 valence electrons. The summed E-state index contributed by atoms with van der Waals surface area (Å²) < 4.78 is 36.8. The summed E-state index contributed by atoms with van der Waals surface area (Å²) in [5.74, 6) is -0.173. The van der Waals surface area contributed by atoms with Gasteiger partial charge in [-0.25, -0.2) is 0 Å². The number of carbonyl (C=O) groups is 1. The van der Waals surface area contributed by atoms with E-state index in [0.717, 1.165) is 4.90 Å². The van der Waals surface area contributed by atoms with Crippen molar-refractivity contribution in [1.82, 2.24) is 10.2 Å². The van der Waals surface area contributed by atoms with E-state index in [-0.39, 0.29) is 31.6 Å². The van der Waals surface area contributed by atoms with Gasteiger partial charge in [-0.2, -0.15) is 13.2 Å². The maximum absolute atomic E-state index is 12.3. The fourth-order valence-corrected chi connectivity index (χ4v) is 1.32. The van der Waals surface area contributed by atoms with Crippen LogP contribution in [0.1, 0.15) is 20.8 Å². The molecule has 0 spiro atoms. The molecule has 0 heterocycles. The van der Waals surface area contributed by atoms with Gasteiger partial charge in [0, 0.05) is 19.1 Å². The van der Waals surface area contributed by atoms with Gasteiger partial charge in [0.15, 0.2) is 0 Å². The number of hydrogen-bond donors (Lipinski definition) is 2. The number of alkyl halides is 3. The van der Waals surface area contributed by atoms with Crippen LogP contribution in [-0.4, -0.2) is 49.2 Å². The van der Waals surface area contributed by atoms with Crippen molar-refractivity contribution in [2.24, 2.45) is 11.7 Å². The Balaban J connectivity index is 4.27. The summed E-state index contributed by atoms with van der Waals surface area (Å²) in [5.41, 5.74) is 5.23. The maximum Gasteiger partial charge on any atom is 0.401 e. The Bertz CT molecular complexity index is 256. The molecule has 0 aliphatic carbocycles. The van der Waals surface area contributed by atoms with Crippen molar-refractivity contribution in [3.05, 3.63) is 0 Å². The molecule has 4 nitrogen and oxygen atoms in total. The molecule has 0 saturated heterocycles. The molecule has 0 rings (SSSR count). The number of amides is 1. The summed E-state index contributed by atoms with van der Waals surface area (Å²) in [6, 6.07) is -0.0666. The van der Waals surface area contributed by atoms with Gasteiger partial charge in [0.1, 0.15) is 0 Å². The number of halogens is 3. The molecule has 0 aromatic heterocycles. The maximum atomic E-state index is 12.3. The van der Waals surface area contributed by atoms with Crippen molar-refractivity contribution in [3.63, 3.8) is 0 Å². The van der Waals surface area contributed by atoms with Crippen LogP contribution in [0.15, 0.2) is 0 Å². The molecule has 0 radical (unpaired) electrons. The van der Waals surface area contributed by atoms with Gasteiger partial charge in [-0.3, -0.25) is 9.69 Å². The molecular weight excluding hydrogens is 247 g/mol. The van der Waals surface area contributed by atoms with Crippen molar-refractivity contribution in [2.75, 3.05) is 26.2 Å². The molecule has 0 aliphatic rings. The van der Waals surface area contributed by atoms with E-state index in [1.165, 1.54) is 0 Å². The van der Waals surface area contributed by atoms with Crippen LogP contribution in [0.3, 0.4) is 0 Å². The third-order valence-corrected chi connectivity index (χ3v) is 2.60. The van der Waals surface area contributed by atoms with E-state index in [1.807, 2.05) is 20.8 Å². The summed E-state index contributed by atoms with van der Waals surface area (Å²) in [5, 5.41) is 2.67. The molecule has 0 fully saturated rings. The van der Waals surface area contributed by atoms with Crippen LogP contribution in [0.2, 0.25) is 0 Å². The Morgan fingerprint density at radius 2 is 1.89 bits per heavy atom. The standard InChI is InChI=1S/C11H22F3N3O/c1-8(2)9(3)16-10(18)6-17(5-4-15)7-11(12,13)14/h8-9H,4-7,15H2,1-3H3,(H,16,18). The molecule has 0 saturated carbocycles. The highest BCUT2D eigenvalue weighted by atomic mass is 19.4. The third-order valence-electron chi connectivity index (χ3n) is 2.60. The summed E-state index contributed by atoms with van der Waals surface area (Å²) in [6.07, 6.45) is -4.32. The molecule has 1 amide bonds. The first-order chi connectivity index (χ1) is 8.15. The fraction of sp³-hybridized carbons (Fsp3) is 0.909. The molecule has 3 N–H and O–H groups in total. The number of rotatable bonds is 7. The fourth-order valence-electron chi connectivity index (χ4n) is 1.32. The second kappa shape index (κ2) is 7.58. The average molecular weight is 269 g/mol. The predicted octanol–water partition coefficient (Wildman–Crippen LogP) is 0.970. The first kappa shape index (κ1) is 17.2. The van der Waals surface area contributed by atoms with Gasteiger partial charge in [-0.1, -0.05) is 13.8 Å². The topological polar surface area (TPSA) is 58.4 Å². The number of hydrogen-bond acceptors (Lipinski definition) is 3. The average Bonchev–Trinajstić information content (AvgIpc) is 2.14. The summed E-state index contributed by atoms with van der Waals surface area (Å²) >= 11 is 0. The summed E-state index contributed by atoms with van der Waals surface area (Å²) in [7, 11) is 0. The molecule has 0 aromatic rings. The lowest BCUT2D eigenvalue weighted by molar-refractivity contribution is -0.148. The highest BCUT2D eigenvalue weighted by Crippen LogP contribution is 2.16. The Labute approximate surface area is 106 Å². The van der Waals surface area contributed by atoms with Crippen LogP contribution in [0.5, 0.6) is 0 Å². The van der Waals surface area contributed by atoms with Gasteiger partial charge in [0.05, 0.1) is 13.1 Å². The van der Waals surface area contributed by atoms with E-state index in [9.17, 15) is 18.0 Å². The summed E-state index contributed by atoms with van der Waals surface area (Å²) in [4.78, 5) is 12.6. The highest BCUT2D eigenvalue weighted by Gasteiger charge is 2.31. The zero-order valence-electron chi connectivity index (χ0n) is 11.0. The Hall–Kier alpha value is -0.820. The third kappa shape index (κ3) is 8.30. The zero-order valence-corrected chi connectivity index (χ0v) is 11.0. The molecule has 0 aromatic carbocycles. The Morgan fingerprint density at radius 1 is 1.33 bits per heavy atom.